The predicted molar refractivity (Wildman–Crippen MR) is 79.7 cm³/mol. The van der Waals surface area contributed by atoms with Crippen molar-refractivity contribution in [3.8, 4) is 0 Å². The molecule has 0 saturated carbocycles. The average Bonchev–Trinajstić information content (AvgIpc) is 2.35. The summed E-state index contributed by atoms with van der Waals surface area (Å²) in [6, 6.07) is 5.19. The van der Waals surface area contributed by atoms with Crippen molar-refractivity contribution >= 4 is 31.9 Å². The van der Waals surface area contributed by atoms with Crippen molar-refractivity contribution in [1.82, 2.24) is 4.90 Å². The van der Waals surface area contributed by atoms with E-state index in [4.69, 9.17) is 4.74 Å². The van der Waals surface area contributed by atoms with Gasteiger partial charge in [-0.3, -0.25) is 4.90 Å². The van der Waals surface area contributed by atoms with Crippen LogP contribution in [0.15, 0.2) is 22.7 Å². The lowest BCUT2D eigenvalue weighted by Crippen LogP contribution is -2.27. The molecule has 0 bridgehead atoms. The Labute approximate surface area is 125 Å². The Morgan fingerprint density at radius 1 is 1.33 bits per heavy atom. The number of likely N-dealkylation sites (N-methyl/N-ethyl adjacent to an activating group) is 1. The second-order valence-electron chi connectivity index (χ2n) is 3.91. The summed E-state index contributed by atoms with van der Waals surface area (Å²) in [6.07, 6.45) is 0. The molecule has 0 fully saturated rings. The fourth-order valence-electron chi connectivity index (χ4n) is 1.59. The molecule has 0 aromatic heterocycles. The van der Waals surface area contributed by atoms with Crippen LogP contribution in [0.2, 0.25) is 0 Å². The van der Waals surface area contributed by atoms with Gasteiger partial charge < -0.3 is 4.74 Å². The molecule has 0 aliphatic heterocycles. The predicted octanol–water partition coefficient (Wildman–Crippen LogP) is 3.82. The highest BCUT2D eigenvalue weighted by atomic mass is 79.9. The van der Waals surface area contributed by atoms with Crippen LogP contribution in [-0.4, -0.2) is 36.5 Å². The van der Waals surface area contributed by atoms with E-state index in [9.17, 15) is 4.39 Å². The lowest BCUT2D eigenvalue weighted by atomic mass is 10.2. The van der Waals surface area contributed by atoms with E-state index in [-0.39, 0.29) is 5.82 Å². The van der Waals surface area contributed by atoms with Crippen LogP contribution in [0.1, 0.15) is 12.5 Å². The monoisotopic (exact) mass is 381 g/mol. The smallest absolute Gasteiger partial charge is 0.128 e. The van der Waals surface area contributed by atoms with Gasteiger partial charge in [0.25, 0.3) is 0 Å². The zero-order valence-electron chi connectivity index (χ0n) is 10.5. The van der Waals surface area contributed by atoms with Crippen LogP contribution in [0.25, 0.3) is 0 Å². The molecule has 1 aromatic carbocycles. The standard InChI is InChI=1S/C13H18Br2FNO/c1-2-17(6-8-18-7-5-14)10-11-3-4-12(15)9-13(11)16/h3-4,9H,2,5-8,10H2,1H3. The molecule has 2 nitrogen and oxygen atoms in total. The largest absolute Gasteiger partial charge is 0.379 e. The van der Waals surface area contributed by atoms with E-state index in [0.29, 0.717) is 19.8 Å². The molecule has 5 heteroatoms. The van der Waals surface area contributed by atoms with Crippen LogP contribution < -0.4 is 0 Å². The molecule has 0 aliphatic carbocycles. The molecule has 0 spiro atoms. The van der Waals surface area contributed by atoms with Gasteiger partial charge in [0, 0.05) is 28.5 Å². The number of rotatable bonds is 8. The molecule has 0 heterocycles. The maximum atomic E-state index is 13.7. The fourth-order valence-corrected chi connectivity index (χ4v) is 2.15. The Kier molecular flexibility index (Phi) is 8.06. The van der Waals surface area contributed by atoms with E-state index in [1.807, 2.05) is 12.1 Å². The molecule has 0 radical (unpaired) electrons. The maximum absolute atomic E-state index is 13.7. The zero-order valence-corrected chi connectivity index (χ0v) is 13.6. The second-order valence-corrected chi connectivity index (χ2v) is 5.61. The van der Waals surface area contributed by atoms with Crippen molar-refractivity contribution in [2.24, 2.45) is 0 Å². The quantitative estimate of drug-likeness (QED) is 0.500. The molecule has 0 saturated heterocycles. The van der Waals surface area contributed by atoms with Gasteiger partial charge in [-0.05, 0) is 18.7 Å². The summed E-state index contributed by atoms with van der Waals surface area (Å²) in [7, 11) is 0. The number of halogens is 3. The van der Waals surface area contributed by atoms with Crippen molar-refractivity contribution < 1.29 is 9.13 Å². The fraction of sp³-hybridized carbons (Fsp3) is 0.538. The van der Waals surface area contributed by atoms with Gasteiger partial charge in [0.1, 0.15) is 5.82 Å². The van der Waals surface area contributed by atoms with Gasteiger partial charge in [-0.2, -0.15) is 0 Å². The minimum Gasteiger partial charge on any atom is -0.379 e. The molecular weight excluding hydrogens is 365 g/mol. The topological polar surface area (TPSA) is 12.5 Å². The Hall–Kier alpha value is 0.0300. The van der Waals surface area contributed by atoms with Gasteiger partial charge in [0.2, 0.25) is 0 Å². The van der Waals surface area contributed by atoms with E-state index in [0.717, 1.165) is 28.5 Å². The molecule has 102 valence electrons. The lowest BCUT2D eigenvalue weighted by molar-refractivity contribution is 0.114. The van der Waals surface area contributed by atoms with Gasteiger partial charge in [-0.25, -0.2) is 4.39 Å². The molecule has 0 amide bonds. The molecule has 0 aliphatic rings. The van der Waals surface area contributed by atoms with Gasteiger partial charge in [0.15, 0.2) is 0 Å². The number of hydrogen-bond acceptors (Lipinski definition) is 2. The zero-order chi connectivity index (χ0) is 13.4. The lowest BCUT2D eigenvalue weighted by Gasteiger charge is -2.20. The summed E-state index contributed by atoms with van der Waals surface area (Å²) in [5.74, 6) is -0.163. The van der Waals surface area contributed by atoms with Crippen LogP contribution in [0, 0.1) is 5.82 Å². The SMILES string of the molecule is CCN(CCOCCBr)Cc1ccc(Br)cc1F. The average molecular weight is 383 g/mol. The normalized spacial score (nSPS) is 11.2. The molecule has 18 heavy (non-hydrogen) atoms. The summed E-state index contributed by atoms with van der Waals surface area (Å²) in [4.78, 5) is 2.17. The molecule has 0 atom stereocenters. The first-order chi connectivity index (χ1) is 8.67. The third-order valence-corrected chi connectivity index (χ3v) is 3.45. The van der Waals surface area contributed by atoms with Crippen LogP contribution in [0.3, 0.4) is 0 Å². The van der Waals surface area contributed by atoms with Crippen molar-refractivity contribution in [3.63, 3.8) is 0 Å². The van der Waals surface area contributed by atoms with E-state index in [1.165, 1.54) is 6.07 Å². The molecule has 0 unspecified atom stereocenters. The highest BCUT2D eigenvalue weighted by molar-refractivity contribution is 9.10. The molecular formula is C13H18Br2FNO. The first kappa shape index (κ1) is 16.1. The second kappa shape index (κ2) is 9.02. The van der Waals surface area contributed by atoms with Gasteiger partial charge in [-0.15, -0.1) is 0 Å². The van der Waals surface area contributed by atoms with Crippen LogP contribution >= 0.6 is 31.9 Å². The van der Waals surface area contributed by atoms with Gasteiger partial charge in [-0.1, -0.05) is 44.8 Å². The number of benzene rings is 1. The van der Waals surface area contributed by atoms with Crippen molar-refractivity contribution in [2.75, 3.05) is 31.6 Å². The first-order valence-electron chi connectivity index (χ1n) is 5.97. The number of ether oxygens (including phenoxy) is 1. The Morgan fingerprint density at radius 2 is 2.11 bits per heavy atom. The Bertz CT molecular complexity index is 363. The summed E-state index contributed by atoms with van der Waals surface area (Å²) < 4.78 is 19.9. The van der Waals surface area contributed by atoms with Gasteiger partial charge in [0.05, 0.1) is 13.2 Å². The summed E-state index contributed by atoms with van der Waals surface area (Å²) >= 11 is 6.57. The third kappa shape index (κ3) is 5.78. The van der Waals surface area contributed by atoms with Gasteiger partial charge >= 0.3 is 0 Å². The van der Waals surface area contributed by atoms with Crippen molar-refractivity contribution in [2.45, 2.75) is 13.5 Å². The Balaban J connectivity index is 2.46. The van der Waals surface area contributed by atoms with Crippen molar-refractivity contribution in [1.29, 1.82) is 0 Å². The van der Waals surface area contributed by atoms with Crippen LogP contribution in [-0.2, 0) is 11.3 Å². The minimum atomic E-state index is -0.163. The summed E-state index contributed by atoms with van der Waals surface area (Å²) in [5.41, 5.74) is 0.723. The highest BCUT2D eigenvalue weighted by Crippen LogP contribution is 2.16. The van der Waals surface area contributed by atoms with Crippen molar-refractivity contribution in [3.05, 3.63) is 34.1 Å². The third-order valence-electron chi connectivity index (χ3n) is 2.63. The molecule has 1 aromatic rings. The van der Waals surface area contributed by atoms with Crippen LogP contribution in [0.4, 0.5) is 4.39 Å². The number of hydrogen-bond donors (Lipinski definition) is 0. The first-order valence-corrected chi connectivity index (χ1v) is 7.88. The Morgan fingerprint density at radius 3 is 2.72 bits per heavy atom. The molecule has 0 N–H and O–H groups in total. The number of nitrogens with zero attached hydrogens (tertiary/aromatic N) is 1. The minimum absolute atomic E-state index is 0.163. The molecule has 1 rings (SSSR count). The summed E-state index contributed by atoms with van der Waals surface area (Å²) in [5, 5.41) is 0.848. The maximum Gasteiger partial charge on any atom is 0.128 e. The number of alkyl halides is 1. The van der Waals surface area contributed by atoms with E-state index < -0.39 is 0 Å². The van der Waals surface area contributed by atoms with E-state index in [2.05, 4.69) is 43.7 Å². The van der Waals surface area contributed by atoms with Crippen LogP contribution in [0.5, 0.6) is 0 Å². The van der Waals surface area contributed by atoms with E-state index >= 15 is 0 Å². The van der Waals surface area contributed by atoms with E-state index in [1.54, 1.807) is 0 Å². The highest BCUT2D eigenvalue weighted by Gasteiger charge is 2.08. The summed E-state index contributed by atoms with van der Waals surface area (Å²) in [6.45, 7) is 5.78.